The molecule has 25 heavy (non-hydrogen) atoms. The zero-order chi connectivity index (χ0) is 18.8. The molecule has 0 bridgehead atoms. The summed E-state index contributed by atoms with van der Waals surface area (Å²) in [6.07, 6.45) is 0. The summed E-state index contributed by atoms with van der Waals surface area (Å²) in [6.45, 7) is 14.2. The Morgan fingerprint density at radius 1 is 1.28 bits per heavy atom. The summed E-state index contributed by atoms with van der Waals surface area (Å²) in [6, 6.07) is 6.30. The van der Waals surface area contributed by atoms with Crippen LogP contribution in [0.1, 0.15) is 44.4 Å². The van der Waals surface area contributed by atoms with Gasteiger partial charge in [-0.3, -0.25) is 4.79 Å². The molecular formula is C20H29ClN3O+. The van der Waals surface area contributed by atoms with Gasteiger partial charge < -0.3 is 10.2 Å². The lowest BCUT2D eigenvalue weighted by atomic mass is 10.0. The molecule has 2 N–H and O–H groups in total. The van der Waals surface area contributed by atoms with E-state index < -0.39 is 0 Å². The predicted molar refractivity (Wildman–Crippen MR) is 104 cm³/mol. The number of fused-ring (bicyclic) bond motifs is 1. The topological polar surface area (TPSA) is 46.4 Å². The number of quaternary nitrogens is 1. The second-order valence-electron chi connectivity index (χ2n) is 7.77. The van der Waals surface area contributed by atoms with Crippen molar-refractivity contribution in [3.05, 3.63) is 40.0 Å². The number of aryl methyl sites for hydroxylation is 2. The summed E-state index contributed by atoms with van der Waals surface area (Å²) in [5.41, 5.74) is 4.10. The summed E-state index contributed by atoms with van der Waals surface area (Å²) in [4.78, 5) is 18.0. The van der Waals surface area contributed by atoms with Crippen LogP contribution >= 0.6 is 11.6 Å². The highest BCUT2D eigenvalue weighted by molar-refractivity contribution is 6.30. The zero-order valence-electron chi connectivity index (χ0n) is 16.1. The largest absolute Gasteiger partial charge is 0.347 e. The summed E-state index contributed by atoms with van der Waals surface area (Å²) < 4.78 is 0. The normalized spacial score (nSPS) is 13.1. The lowest BCUT2D eigenvalue weighted by Crippen LogP contribution is -3.11. The SMILES string of the molecule is CC[NH+](CC(=O)NC(C)(C)C)Cc1cc2ccc(C)c(C)c2nc1Cl. The van der Waals surface area contributed by atoms with Crippen molar-refractivity contribution < 1.29 is 9.69 Å². The van der Waals surface area contributed by atoms with E-state index in [0.717, 1.165) is 33.5 Å². The number of nitrogens with zero attached hydrogens (tertiary/aromatic N) is 1. The van der Waals surface area contributed by atoms with E-state index in [9.17, 15) is 4.79 Å². The van der Waals surface area contributed by atoms with Crippen LogP contribution in [0.25, 0.3) is 10.9 Å². The third-order valence-electron chi connectivity index (χ3n) is 4.40. The maximum atomic E-state index is 12.2. The van der Waals surface area contributed by atoms with Crippen LogP contribution < -0.4 is 10.2 Å². The fraction of sp³-hybridized carbons (Fsp3) is 0.500. The van der Waals surface area contributed by atoms with Gasteiger partial charge >= 0.3 is 0 Å². The lowest BCUT2D eigenvalue weighted by Gasteiger charge is -2.23. The number of hydrogen-bond acceptors (Lipinski definition) is 2. The minimum absolute atomic E-state index is 0.0562. The van der Waals surface area contributed by atoms with E-state index in [1.54, 1.807) is 0 Å². The number of likely N-dealkylation sites (N-methyl/N-ethyl adjacent to an activating group) is 1. The van der Waals surface area contributed by atoms with Crippen LogP contribution in [-0.4, -0.2) is 29.5 Å². The first-order chi connectivity index (χ1) is 11.6. The summed E-state index contributed by atoms with van der Waals surface area (Å²) in [7, 11) is 0. The van der Waals surface area contributed by atoms with Crippen LogP contribution in [0.15, 0.2) is 18.2 Å². The highest BCUT2D eigenvalue weighted by Crippen LogP contribution is 2.24. The third-order valence-corrected chi connectivity index (χ3v) is 4.73. The molecule has 4 nitrogen and oxygen atoms in total. The van der Waals surface area contributed by atoms with Gasteiger partial charge in [-0.2, -0.15) is 0 Å². The number of nitrogens with one attached hydrogen (secondary N) is 2. The molecule has 0 aliphatic rings. The molecule has 0 saturated heterocycles. The van der Waals surface area contributed by atoms with Crippen molar-refractivity contribution in [3.63, 3.8) is 0 Å². The Hall–Kier alpha value is -1.65. The van der Waals surface area contributed by atoms with Gasteiger partial charge in [0.25, 0.3) is 5.91 Å². The van der Waals surface area contributed by atoms with E-state index in [4.69, 9.17) is 11.6 Å². The summed E-state index contributed by atoms with van der Waals surface area (Å²) in [5, 5.41) is 4.64. The fourth-order valence-electron chi connectivity index (χ4n) is 2.90. The number of hydrogen-bond donors (Lipinski definition) is 2. The van der Waals surface area contributed by atoms with E-state index in [0.29, 0.717) is 18.2 Å². The van der Waals surface area contributed by atoms with E-state index in [1.165, 1.54) is 5.56 Å². The van der Waals surface area contributed by atoms with Crippen molar-refractivity contribution in [2.75, 3.05) is 13.1 Å². The molecular weight excluding hydrogens is 334 g/mol. The minimum Gasteiger partial charge on any atom is -0.347 e. The Bertz CT molecular complexity index is 781. The molecule has 1 amide bonds. The number of carbonyl (C=O) groups excluding carboxylic acids is 1. The molecule has 1 unspecified atom stereocenters. The van der Waals surface area contributed by atoms with E-state index in [2.05, 4.69) is 49.3 Å². The first kappa shape index (κ1) is 19.7. The molecule has 0 spiro atoms. The first-order valence-corrected chi connectivity index (χ1v) is 9.18. The highest BCUT2D eigenvalue weighted by Gasteiger charge is 2.20. The maximum absolute atomic E-state index is 12.2. The van der Waals surface area contributed by atoms with Crippen LogP contribution in [0.3, 0.4) is 0 Å². The molecule has 1 atom stereocenters. The Kier molecular flexibility index (Phi) is 6.07. The molecule has 2 rings (SSSR count). The van der Waals surface area contributed by atoms with Gasteiger partial charge in [-0.25, -0.2) is 4.98 Å². The molecule has 1 aromatic carbocycles. The van der Waals surface area contributed by atoms with Crippen molar-refractivity contribution in [1.29, 1.82) is 0 Å². The van der Waals surface area contributed by atoms with Gasteiger partial charge in [-0.15, -0.1) is 0 Å². The number of halogens is 1. The Morgan fingerprint density at radius 3 is 2.56 bits per heavy atom. The second kappa shape index (κ2) is 7.71. The van der Waals surface area contributed by atoms with Crippen molar-refractivity contribution in [1.82, 2.24) is 10.3 Å². The number of amides is 1. The van der Waals surface area contributed by atoms with Crippen LogP contribution in [0, 0.1) is 13.8 Å². The molecule has 0 radical (unpaired) electrons. The molecule has 0 aliphatic heterocycles. The maximum Gasteiger partial charge on any atom is 0.275 e. The summed E-state index contributed by atoms with van der Waals surface area (Å²) in [5.74, 6) is 0.0562. The number of carbonyl (C=O) groups is 1. The van der Waals surface area contributed by atoms with E-state index in [1.807, 2.05) is 20.8 Å². The Balaban J connectivity index is 2.21. The van der Waals surface area contributed by atoms with E-state index in [-0.39, 0.29) is 11.4 Å². The van der Waals surface area contributed by atoms with Crippen LogP contribution in [0.2, 0.25) is 5.15 Å². The van der Waals surface area contributed by atoms with Gasteiger partial charge in [-0.05, 0) is 58.7 Å². The Labute approximate surface area is 155 Å². The third kappa shape index (κ3) is 5.16. The van der Waals surface area contributed by atoms with Gasteiger partial charge in [0.15, 0.2) is 6.54 Å². The molecule has 0 aliphatic carbocycles. The molecule has 0 fully saturated rings. The molecule has 5 heteroatoms. The molecule has 2 aromatic rings. The van der Waals surface area contributed by atoms with Crippen LogP contribution in [0.4, 0.5) is 0 Å². The van der Waals surface area contributed by atoms with Crippen molar-refractivity contribution in [2.45, 2.75) is 53.6 Å². The monoisotopic (exact) mass is 362 g/mol. The van der Waals surface area contributed by atoms with Gasteiger partial charge in [-0.1, -0.05) is 23.7 Å². The zero-order valence-corrected chi connectivity index (χ0v) is 16.8. The predicted octanol–water partition coefficient (Wildman–Crippen LogP) is 2.82. The van der Waals surface area contributed by atoms with Gasteiger partial charge in [0.05, 0.1) is 12.1 Å². The van der Waals surface area contributed by atoms with E-state index >= 15 is 0 Å². The number of benzene rings is 1. The van der Waals surface area contributed by atoms with Crippen molar-refractivity contribution >= 4 is 28.4 Å². The van der Waals surface area contributed by atoms with Gasteiger partial charge in [0.1, 0.15) is 11.7 Å². The molecule has 0 saturated carbocycles. The average Bonchev–Trinajstić information content (AvgIpc) is 2.50. The molecule has 1 heterocycles. The van der Waals surface area contributed by atoms with Gasteiger partial charge in [0.2, 0.25) is 0 Å². The van der Waals surface area contributed by atoms with Crippen LogP contribution in [0.5, 0.6) is 0 Å². The van der Waals surface area contributed by atoms with Crippen LogP contribution in [-0.2, 0) is 11.3 Å². The van der Waals surface area contributed by atoms with Crippen molar-refractivity contribution in [2.24, 2.45) is 0 Å². The number of aromatic nitrogens is 1. The van der Waals surface area contributed by atoms with Crippen molar-refractivity contribution in [3.8, 4) is 0 Å². The summed E-state index contributed by atoms with van der Waals surface area (Å²) >= 11 is 6.45. The number of rotatable bonds is 5. The highest BCUT2D eigenvalue weighted by atomic mass is 35.5. The minimum atomic E-state index is -0.215. The average molecular weight is 363 g/mol. The quantitative estimate of drug-likeness (QED) is 0.803. The first-order valence-electron chi connectivity index (χ1n) is 8.80. The second-order valence-corrected chi connectivity index (χ2v) is 8.13. The standard InChI is InChI=1S/C20H28ClN3O/c1-7-24(12-17(25)23-20(4,5)6)11-16-10-15-9-8-13(2)14(3)18(15)22-19(16)21/h8-10H,7,11-12H2,1-6H3,(H,23,25)/p+1. The Morgan fingerprint density at radius 2 is 1.96 bits per heavy atom. The number of pyridine rings is 1. The smallest absolute Gasteiger partial charge is 0.275 e. The lowest BCUT2D eigenvalue weighted by molar-refractivity contribution is -0.904. The molecule has 136 valence electrons. The fourth-order valence-corrected chi connectivity index (χ4v) is 3.11. The molecule has 1 aromatic heterocycles. The van der Waals surface area contributed by atoms with Gasteiger partial charge in [0, 0.05) is 16.5 Å².